The Morgan fingerprint density at radius 2 is 2.10 bits per heavy atom. The molecule has 2 rings (SSSR count). The second-order valence-corrected chi connectivity index (χ2v) is 7.94. The molecule has 118 valence electrons. The second kappa shape index (κ2) is 7.15. The lowest BCUT2D eigenvalue weighted by Gasteiger charge is -2.31. The van der Waals surface area contributed by atoms with Crippen LogP contribution in [-0.2, 0) is 12.8 Å². The van der Waals surface area contributed by atoms with E-state index in [4.69, 9.17) is 4.74 Å². The predicted molar refractivity (Wildman–Crippen MR) is 93.2 cm³/mol. The van der Waals surface area contributed by atoms with E-state index in [0.717, 1.165) is 31.7 Å². The van der Waals surface area contributed by atoms with Crippen LogP contribution in [0.2, 0.25) is 0 Å². The van der Waals surface area contributed by atoms with Gasteiger partial charge in [-0.05, 0) is 54.5 Å². The topological polar surface area (TPSA) is 21.3 Å². The van der Waals surface area contributed by atoms with E-state index < -0.39 is 0 Å². The zero-order valence-electron chi connectivity index (χ0n) is 13.8. The van der Waals surface area contributed by atoms with Crippen molar-refractivity contribution in [2.75, 3.05) is 13.2 Å². The van der Waals surface area contributed by atoms with Crippen LogP contribution >= 0.6 is 15.9 Å². The summed E-state index contributed by atoms with van der Waals surface area (Å²) in [5, 5.41) is 3.63. The van der Waals surface area contributed by atoms with Gasteiger partial charge in [0.05, 0.1) is 6.61 Å². The van der Waals surface area contributed by atoms with E-state index in [1.54, 1.807) is 0 Å². The molecule has 1 atom stereocenters. The summed E-state index contributed by atoms with van der Waals surface area (Å²) in [4.78, 5) is 0. The summed E-state index contributed by atoms with van der Waals surface area (Å²) in [5.41, 5.74) is 3.03. The molecular formula is C18H28BrNO. The van der Waals surface area contributed by atoms with Gasteiger partial charge in [0.25, 0.3) is 0 Å². The molecule has 0 radical (unpaired) electrons. The van der Waals surface area contributed by atoms with E-state index in [1.807, 2.05) is 0 Å². The lowest BCUT2D eigenvalue weighted by molar-refractivity contribution is 0.254. The maximum Gasteiger partial charge on any atom is 0.125 e. The van der Waals surface area contributed by atoms with Crippen LogP contribution < -0.4 is 10.1 Å². The quantitative estimate of drug-likeness (QED) is 0.797. The fourth-order valence-electron chi connectivity index (χ4n) is 3.12. The Morgan fingerprint density at radius 3 is 2.76 bits per heavy atom. The average Bonchev–Trinajstić information content (AvgIpc) is 2.84. The molecule has 1 heterocycles. The minimum Gasteiger partial charge on any atom is -0.493 e. The average molecular weight is 354 g/mol. The molecule has 21 heavy (non-hydrogen) atoms. The minimum absolute atomic E-state index is 0.311. The first-order valence-electron chi connectivity index (χ1n) is 8.09. The van der Waals surface area contributed by atoms with Crippen molar-refractivity contribution in [1.29, 1.82) is 0 Å². The molecular weight excluding hydrogens is 326 g/mol. The fraction of sp³-hybridized carbons (Fsp3) is 0.667. The summed E-state index contributed by atoms with van der Waals surface area (Å²) in [6.45, 7) is 11.0. The molecule has 0 spiro atoms. The monoisotopic (exact) mass is 353 g/mol. The smallest absolute Gasteiger partial charge is 0.125 e. The molecule has 1 aliphatic heterocycles. The SMILES string of the molecule is CCNC(CCCc1cc(Br)cc2c1OCC2)C(C)(C)C. The summed E-state index contributed by atoms with van der Waals surface area (Å²) in [6.07, 6.45) is 4.54. The van der Waals surface area contributed by atoms with Gasteiger partial charge in [-0.2, -0.15) is 0 Å². The number of hydrogen-bond donors (Lipinski definition) is 1. The molecule has 1 aromatic carbocycles. The zero-order valence-corrected chi connectivity index (χ0v) is 15.3. The van der Waals surface area contributed by atoms with Crippen molar-refractivity contribution >= 4 is 15.9 Å². The summed E-state index contributed by atoms with van der Waals surface area (Å²) < 4.78 is 7.00. The third-order valence-electron chi connectivity index (χ3n) is 4.26. The van der Waals surface area contributed by atoms with Crippen LogP contribution in [0.15, 0.2) is 16.6 Å². The van der Waals surface area contributed by atoms with Gasteiger partial charge in [-0.25, -0.2) is 0 Å². The molecule has 0 saturated heterocycles. The van der Waals surface area contributed by atoms with Crippen LogP contribution in [0.5, 0.6) is 5.75 Å². The number of fused-ring (bicyclic) bond motifs is 1. The highest BCUT2D eigenvalue weighted by Crippen LogP contribution is 2.34. The van der Waals surface area contributed by atoms with Crippen LogP contribution in [0, 0.1) is 5.41 Å². The van der Waals surface area contributed by atoms with Crippen LogP contribution in [-0.4, -0.2) is 19.2 Å². The largest absolute Gasteiger partial charge is 0.493 e. The molecule has 0 fully saturated rings. The summed E-state index contributed by atoms with van der Waals surface area (Å²) >= 11 is 3.63. The number of ether oxygens (including phenoxy) is 1. The third-order valence-corrected chi connectivity index (χ3v) is 4.72. The van der Waals surface area contributed by atoms with Gasteiger partial charge in [0, 0.05) is 16.9 Å². The van der Waals surface area contributed by atoms with Gasteiger partial charge in [-0.3, -0.25) is 0 Å². The number of rotatable bonds is 6. The number of aryl methyl sites for hydroxylation is 1. The van der Waals surface area contributed by atoms with Crippen LogP contribution in [0.1, 0.15) is 51.7 Å². The molecule has 2 nitrogen and oxygen atoms in total. The number of nitrogens with one attached hydrogen (secondary N) is 1. The van der Waals surface area contributed by atoms with E-state index in [1.165, 1.54) is 28.4 Å². The Morgan fingerprint density at radius 1 is 1.33 bits per heavy atom. The van der Waals surface area contributed by atoms with E-state index in [9.17, 15) is 0 Å². The lowest BCUT2D eigenvalue weighted by atomic mass is 9.83. The summed E-state index contributed by atoms with van der Waals surface area (Å²) in [6, 6.07) is 5.00. The minimum atomic E-state index is 0.311. The van der Waals surface area contributed by atoms with Crippen molar-refractivity contribution in [2.45, 2.75) is 59.4 Å². The third kappa shape index (κ3) is 4.46. The van der Waals surface area contributed by atoms with Crippen LogP contribution in [0.4, 0.5) is 0 Å². The Bertz CT molecular complexity index is 479. The first kappa shape index (κ1) is 16.8. The molecule has 1 N–H and O–H groups in total. The molecule has 3 heteroatoms. The second-order valence-electron chi connectivity index (χ2n) is 7.02. The van der Waals surface area contributed by atoms with E-state index in [2.05, 4.69) is 61.1 Å². The van der Waals surface area contributed by atoms with Gasteiger partial charge >= 0.3 is 0 Å². The van der Waals surface area contributed by atoms with Crippen molar-refractivity contribution < 1.29 is 4.74 Å². The summed E-state index contributed by atoms with van der Waals surface area (Å²) in [7, 11) is 0. The predicted octanol–water partition coefficient (Wildman–Crippen LogP) is 4.73. The highest BCUT2D eigenvalue weighted by molar-refractivity contribution is 9.10. The van der Waals surface area contributed by atoms with Gasteiger partial charge < -0.3 is 10.1 Å². The Hall–Kier alpha value is -0.540. The molecule has 1 aliphatic rings. The Labute approximate surface area is 137 Å². The van der Waals surface area contributed by atoms with Crippen molar-refractivity contribution in [3.8, 4) is 5.75 Å². The highest BCUT2D eigenvalue weighted by Gasteiger charge is 2.23. The summed E-state index contributed by atoms with van der Waals surface area (Å²) in [5.74, 6) is 1.15. The maximum atomic E-state index is 5.82. The number of hydrogen-bond acceptors (Lipinski definition) is 2. The molecule has 1 unspecified atom stereocenters. The van der Waals surface area contributed by atoms with Crippen LogP contribution in [0.25, 0.3) is 0 Å². The molecule has 0 saturated carbocycles. The zero-order chi connectivity index (χ0) is 15.5. The highest BCUT2D eigenvalue weighted by atomic mass is 79.9. The first-order chi connectivity index (χ1) is 9.91. The van der Waals surface area contributed by atoms with Crippen LogP contribution in [0.3, 0.4) is 0 Å². The molecule has 0 amide bonds. The van der Waals surface area contributed by atoms with E-state index >= 15 is 0 Å². The van der Waals surface area contributed by atoms with Gasteiger partial charge in [-0.1, -0.05) is 43.6 Å². The fourth-order valence-corrected chi connectivity index (χ4v) is 3.67. The van der Waals surface area contributed by atoms with E-state index in [-0.39, 0.29) is 0 Å². The first-order valence-corrected chi connectivity index (χ1v) is 8.88. The van der Waals surface area contributed by atoms with Crippen molar-refractivity contribution in [2.24, 2.45) is 5.41 Å². The maximum absolute atomic E-state index is 5.82. The normalized spacial score (nSPS) is 15.7. The van der Waals surface area contributed by atoms with Crippen molar-refractivity contribution in [3.05, 3.63) is 27.7 Å². The lowest BCUT2D eigenvalue weighted by Crippen LogP contribution is -2.40. The van der Waals surface area contributed by atoms with E-state index in [0.29, 0.717) is 11.5 Å². The van der Waals surface area contributed by atoms with Crippen molar-refractivity contribution in [1.82, 2.24) is 5.32 Å². The molecule has 0 aromatic heterocycles. The molecule has 0 aliphatic carbocycles. The van der Waals surface area contributed by atoms with Gasteiger partial charge in [0.2, 0.25) is 0 Å². The standard InChI is InChI=1S/C18H28BrNO/c1-5-20-16(18(2,3)4)8-6-7-13-11-15(19)12-14-9-10-21-17(13)14/h11-12,16,20H,5-10H2,1-4H3. The van der Waals surface area contributed by atoms with Crippen molar-refractivity contribution in [3.63, 3.8) is 0 Å². The Balaban J connectivity index is 1.97. The van der Waals surface area contributed by atoms with Gasteiger partial charge in [0.15, 0.2) is 0 Å². The molecule has 0 bridgehead atoms. The Kier molecular flexibility index (Phi) is 5.73. The van der Waals surface area contributed by atoms with Gasteiger partial charge in [-0.15, -0.1) is 0 Å². The van der Waals surface area contributed by atoms with Gasteiger partial charge in [0.1, 0.15) is 5.75 Å². The number of benzene rings is 1. The molecule has 1 aromatic rings. The number of halogens is 1.